The van der Waals surface area contributed by atoms with Gasteiger partial charge in [-0.15, -0.1) is 0 Å². The number of hydrogen-bond acceptors (Lipinski definition) is 2. The van der Waals surface area contributed by atoms with E-state index in [1.54, 1.807) is 12.5 Å². The van der Waals surface area contributed by atoms with Gasteiger partial charge in [-0.1, -0.05) is 6.07 Å². The number of H-pyrrole nitrogens is 1. The van der Waals surface area contributed by atoms with Crippen LogP contribution in [0.25, 0.3) is 0 Å². The minimum atomic E-state index is -0.0300. The van der Waals surface area contributed by atoms with Gasteiger partial charge in [0, 0.05) is 30.4 Å². The zero-order valence-electron chi connectivity index (χ0n) is 10.7. The first-order chi connectivity index (χ1) is 8.66. The van der Waals surface area contributed by atoms with E-state index in [0.717, 1.165) is 17.7 Å². The van der Waals surface area contributed by atoms with E-state index in [1.165, 1.54) is 5.56 Å². The summed E-state index contributed by atoms with van der Waals surface area (Å²) in [6.45, 7) is 4.65. The van der Waals surface area contributed by atoms with Crippen molar-refractivity contribution < 1.29 is 4.79 Å². The van der Waals surface area contributed by atoms with Gasteiger partial charge in [0.05, 0.1) is 6.33 Å². The number of imidazole rings is 1. The zero-order chi connectivity index (χ0) is 13.0. The molecule has 0 atom stereocenters. The zero-order valence-corrected chi connectivity index (χ0v) is 10.7. The van der Waals surface area contributed by atoms with Crippen LogP contribution in [0, 0.1) is 13.8 Å². The van der Waals surface area contributed by atoms with Crippen LogP contribution in [0.15, 0.2) is 30.7 Å². The van der Waals surface area contributed by atoms with Crippen molar-refractivity contribution in [2.75, 3.05) is 6.54 Å². The van der Waals surface area contributed by atoms with E-state index in [1.807, 2.05) is 32.0 Å². The van der Waals surface area contributed by atoms with Crippen molar-refractivity contribution in [1.29, 1.82) is 0 Å². The van der Waals surface area contributed by atoms with Crippen molar-refractivity contribution in [1.82, 2.24) is 15.3 Å². The molecule has 1 amide bonds. The molecule has 2 N–H and O–H groups in total. The fourth-order valence-corrected chi connectivity index (χ4v) is 1.72. The molecule has 0 aliphatic rings. The fraction of sp³-hybridized carbons (Fsp3) is 0.286. The smallest absolute Gasteiger partial charge is 0.251 e. The van der Waals surface area contributed by atoms with Crippen LogP contribution in [0.1, 0.15) is 27.2 Å². The highest BCUT2D eigenvalue weighted by molar-refractivity contribution is 5.94. The number of rotatable bonds is 4. The summed E-state index contributed by atoms with van der Waals surface area (Å²) in [5.74, 6) is -0.0300. The summed E-state index contributed by atoms with van der Waals surface area (Å²) in [5, 5.41) is 2.90. The molecule has 2 aromatic rings. The van der Waals surface area contributed by atoms with Gasteiger partial charge >= 0.3 is 0 Å². The Labute approximate surface area is 106 Å². The van der Waals surface area contributed by atoms with Crippen molar-refractivity contribution in [3.8, 4) is 0 Å². The SMILES string of the molecule is Cc1ccc(C(=O)NCCc2cnc[nH]2)cc1C. The third-order valence-corrected chi connectivity index (χ3v) is 3.00. The lowest BCUT2D eigenvalue weighted by molar-refractivity contribution is 0.0954. The largest absolute Gasteiger partial charge is 0.352 e. The third-order valence-electron chi connectivity index (χ3n) is 3.00. The van der Waals surface area contributed by atoms with Gasteiger partial charge in [-0.2, -0.15) is 0 Å². The molecule has 4 heteroatoms. The van der Waals surface area contributed by atoms with Crippen LogP contribution < -0.4 is 5.32 Å². The molecule has 1 heterocycles. The van der Waals surface area contributed by atoms with E-state index >= 15 is 0 Å². The standard InChI is InChI=1S/C14H17N3O/c1-10-3-4-12(7-11(10)2)14(18)16-6-5-13-8-15-9-17-13/h3-4,7-9H,5-6H2,1-2H3,(H,15,17)(H,16,18). The average molecular weight is 243 g/mol. The number of hydrogen-bond donors (Lipinski definition) is 2. The summed E-state index contributed by atoms with van der Waals surface area (Å²) < 4.78 is 0. The Hall–Kier alpha value is -2.10. The Morgan fingerprint density at radius 1 is 1.33 bits per heavy atom. The number of benzene rings is 1. The van der Waals surface area contributed by atoms with Crippen LogP contribution in [0.5, 0.6) is 0 Å². The van der Waals surface area contributed by atoms with Crippen molar-refractivity contribution in [3.63, 3.8) is 0 Å². The Bertz CT molecular complexity index is 532. The Balaban J connectivity index is 1.89. The van der Waals surface area contributed by atoms with Gasteiger partial charge in [0.25, 0.3) is 5.91 Å². The number of aromatic nitrogens is 2. The van der Waals surface area contributed by atoms with Gasteiger partial charge in [-0.05, 0) is 37.1 Å². The summed E-state index contributed by atoms with van der Waals surface area (Å²) in [6, 6.07) is 5.74. The van der Waals surface area contributed by atoms with Crippen molar-refractivity contribution in [3.05, 3.63) is 53.1 Å². The quantitative estimate of drug-likeness (QED) is 0.863. The van der Waals surface area contributed by atoms with E-state index in [4.69, 9.17) is 0 Å². The minimum absolute atomic E-state index is 0.0300. The summed E-state index contributed by atoms with van der Waals surface area (Å²) >= 11 is 0. The molecule has 18 heavy (non-hydrogen) atoms. The van der Waals surface area contributed by atoms with Crippen molar-refractivity contribution >= 4 is 5.91 Å². The predicted molar refractivity (Wildman–Crippen MR) is 70.5 cm³/mol. The minimum Gasteiger partial charge on any atom is -0.352 e. The van der Waals surface area contributed by atoms with Crippen LogP contribution in [-0.2, 0) is 6.42 Å². The van der Waals surface area contributed by atoms with Gasteiger partial charge < -0.3 is 10.3 Å². The molecule has 1 aromatic heterocycles. The second kappa shape index (κ2) is 5.49. The lowest BCUT2D eigenvalue weighted by atomic mass is 10.1. The summed E-state index contributed by atoms with van der Waals surface area (Å²) in [6.07, 6.45) is 4.17. The highest BCUT2D eigenvalue weighted by atomic mass is 16.1. The number of aryl methyl sites for hydroxylation is 2. The molecule has 2 rings (SSSR count). The second-order valence-corrected chi connectivity index (χ2v) is 4.38. The van der Waals surface area contributed by atoms with Crippen molar-refractivity contribution in [2.45, 2.75) is 20.3 Å². The molecule has 0 bridgehead atoms. The summed E-state index contributed by atoms with van der Waals surface area (Å²) in [4.78, 5) is 18.8. The molecule has 0 aliphatic heterocycles. The number of nitrogens with zero attached hydrogens (tertiary/aromatic N) is 1. The molecule has 0 saturated carbocycles. The number of carbonyl (C=O) groups is 1. The molecular formula is C14H17N3O. The Morgan fingerprint density at radius 2 is 2.17 bits per heavy atom. The summed E-state index contributed by atoms with van der Waals surface area (Å²) in [5.41, 5.74) is 4.07. The van der Waals surface area contributed by atoms with E-state index < -0.39 is 0 Å². The van der Waals surface area contributed by atoms with Crippen LogP contribution in [0.2, 0.25) is 0 Å². The number of amides is 1. The monoisotopic (exact) mass is 243 g/mol. The maximum Gasteiger partial charge on any atom is 0.251 e. The van der Waals surface area contributed by atoms with Gasteiger partial charge in [-0.3, -0.25) is 4.79 Å². The van der Waals surface area contributed by atoms with Gasteiger partial charge in [0.1, 0.15) is 0 Å². The van der Waals surface area contributed by atoms with Gasteiger partial charge in [-0.25, -0.2) is 4.98 Å². The van der Waals surface area contributed by atoms with Crippen LogP contribution in [0.3, 0.4) is 0 Å². The predicted octanol–water partition coefficient (Wildman–Crippen LogP) is 2.00. The molecule has 0 radical (unpaired) electrons. The summed E-state index contributed by atoms with van der Waals surface area (Å²) in [7, 11) is 0. The van der Waals surface area contributed by atoms with Crippen LogP contribution in [0.4, 0.5) is 0 Å². The molecular weight excluding hydrogens is 226 g/mol. The Morgan fingerprint density at radius 3 is 2.83 bits per heavy atom. The first-order valence-corrected chi connectivity index (χ1v) is 5.99. The average Bonchev–Trinajstić information content (AvgIpc) is 2.85. The fourth-order valence-electron chi connectivity index (χ4n) is 1.72. The Kier molecular flexibility index (Phi) is 3.77. The molecule has 0 spiro atoms. The first-order valence-electron chi connectivity index (χ1n) is 5.99. The molecule has 1 aromatic carbocycles. The highest BCUT2D eigenvalue weighted by Gasteiger charge is 2.06. The number of nitrogens with one attached hydrogen (secondary N) is 2. The van der Waals surface area contributed by atoms with E-state index in [9.17, 15) is 4.79 Å². The maximum absolute atomic E-state index is 11.9. The highest BCUT2D eigenvalue weighted by Crippen LogP contribution is 2.09. The third kappa shape index (κ3) is 2.97. The second-order valence-electron chi connectivity index (χ2n) is 4.38. The normalized spacial score (nSPS) is 10.3. The van der Waals surface area contributed by atoms with Crippen molar-refractivity contribution in [2.24, 2.45) is 0 Å². The molecule has 94 valence electrons. The van der Waals surface area contributed by atoms with Crippen LogP contribution in [-0.4, -0.2) is 22.4 Å². The molecule has 4 nitrogen and oxygen atoms in total. The maximum atomic E-state index is 11.9. The molecule has 0 fully saturated rings. The molecule has 0 saturated heterocycles. The number of carbonyl (C=O) groups excluding carboxylic acids is 1. The van der Waals surface area contributed by atoms with Crippen LogP contribution >= 0.6 is 0 Å². The first kappa shape index (κ1) is 12.4. The lowest BCUT2D eigenvalue weighted by Crippen LogP contribution is -2.25. The number of aromatic amines is 1. The topological polar surface area (TPSA) is 57.8 Å². The molecule has 0 unspecified atom stereocenters. The molecule has 0 aliphatic carbocycles. The van der Waals surface area contributed by atoms with E-state index in [0.29, 0.717) is 12.1 Å². The van der Waals surface area contributed by atoms with Gasteiger partial charge in [0.2, 0.25) is 0 Å². The van der Waals surface area contributed by atoms with E-state index in [-0.39, 0.29) is 5.91 Å². The lowest BCUT2D eigenvalue weighted by Gasteiger charge is -2.06. The van der Waals surface area contributed by atoms with Gasteiger partial charge in [0.15, 0.2) is 0 Å². The van der Waals surface area contributed by atoms with E-state index in [2.05, 4.69) is 15.3 Å².